The Bertz CT molecular complexity index is 786. The Morgan fingerprint density at radius 3 is 3.07 bits per heavy atom. The first-order valence-corrected chi connectivity index (χ1v) is 13.1. The Labute approximate surface area is 176 Å². The Morgan fingerprint density at radius 2 is 2.18 bits per heavy atom. The van der Waals surface area contributed by atoms with Gasteiger partial charge >= 0.3 is 0 Å². The molecule has 0 aliphatic carbocycles. The topological polar surface area (TPSA) is 33.2 Å². The smallest absolute Gasteiger partial charge is 0.222 e. The average molecular weight is 415 g/mol. The second-order valence-electron chi connectivity index (χ2n) is 8.14. The molecule has 2 saturated heterocycles. The van der Waals surface area contributed by atoms with Gasteiger partial charge in [-0.25, -0.2) is 0 Å². The average Bonchev–Trinajstić information content (AvgIpc) is 3.25. The number of aromatic nitrogens is 1. The maximum absolute atomic E-state index is 12.7. The van der Waals surface area contributed by atoms with Crippen LogP contribution in [0.1, 0.15) is 50.5 Å². The number of nitrogens with zero attached hydrogens (tertiary/aromatic N) is 2. The van der Waals surface area contributed by atoms with Crippen molar-refractivity contribution in [3.05, 3.63) is 42.2 Å². The summed E-state index contributed by atoms with van der Waals surface area (Å²) in [5.74, 6) is 2.25. The van der Waals surface area contributed by atoms with Crippen molar-refractivity contribution in [1.29, 1.82) is 0 Å². The summed E-state index contributed by atoms with van der Waals surface area (Å²) in [6.07, 6.45) is 12.9. The molecule has 0 saturated carbocycles. The lowest BCUT2D eigenvalue weighted by Crippen LogP contribution is -2.40. The fraction of sp³-hybridized carbons (Fsp3) is 0.565. The molecular weight excluding hydrogens is 384 g/mol. The lowest BCUT2D eigenvalue weighted by molar-refractivity contribution is -0.133. The number of carbonyl (C=O) groups excluding carboxylic acids is 1. The van der Waals surface area contributed by atoms with E-state index in [-0.39, 0.29) is 0 Å². The minimum Gasteiger partial charge on any atom is -0.342 e. The largest absolute Gasteiger partial charge is 0.342 e. The van der Waals surface area contributed by atoms with Crippen LogP contribution in [0.3, 0.4) is 0 Å². The minimum absolute atomic E-state index is 0.375. The van der Waals surface area contributed by atoms with Gasteiger partial charge in [-0.1, -0.05) is 46.2 Å². The van der Waals surface area contributed by atoms with E-state index in [9.17, 15) is 4.79 Å². The van der Waals surface area contributed by atoms with Gasteiger partial charge in [0.05, 0.1) is 0 Å². The van der Waals surface area contributed by atoms with Gasteiger partial charge < -0.3 is 4.90 Å². The zero-order valence-corrected chi connectivity index (χ0v) is 18.1. The number of fused-ring (bicyclic) bond motifs is 1. The van der Waals surface area contributed by atoms with Crippen LogP contribution in [-0.4, -0.2) is 39.9 Å². The predicted octanol–water partition coefficient (Wildman–Crippen LogP) is 5.73. The van der Waals surface area contributed by atoms with Gasteiger partial charge in [0.1, 0.15) is 0 Å². The van der Waals surface area contributed by atoms with Crippen LogP contribution in [0.4, 0.5) is 0 Å². The second-order valence-corrected chi connectivity index (χ2v) is 10.9. The number of unbranched alkanes of at least 4 members (excludes halogenated alkanes) is 1. The highest BCUT2D eigenvalue weighted by molar-refractivity contribution is 8.77. The molecule has 2 fully saturated rings. The lowest BCUT2D eigenvalue weighted by atomic mass is 9.89. The number of rotatable bonds is 7. The van der Waals surface area contributed by atoms with E-state index in [0.29, 0.717) is 11.8 Å². The molecule has 150 valence electrons. The number of benzene rings is 1. The molecule has 4 rings (SSSR count). The van der Waals surface area contributed by atoms with Gasteiger partial charge in [-0.2, -0.15) is 0 Å². The maximum Gasteiger partial charge on any atom is 0.222 e. The van der Waals surface area contributed by atoms with Gasteiger partial charge in [0.2, 0.25) is 5.91 Å². The van der Waals surface area contributed by atoms with E-state index < -0.39 is 0 Å². The minimum atomic E-state index is 0.375. The highest BCUT2D eigenvalue weighted by Crippen LogP contribution is 2.40. The van der Waals surface area contributed by atoms with E-state index in [1.165, 1.54) is 47.8 Å². The molecule has 0 spiro atoms. The lowest BCUT2D eigenvalue weighted by Gasteiger charge is -2.33. The van der Waals surface area contributed by atoms with E-state index in [2.05, 4.69) is 34.1 Å². The van der Waals surface area contributed by atoms with Gasteiger partial charge in [0.25, 0.3) is 0 Å². The van der Waals surface area contributed by atoms with Crippen molar-refractivity contribution in [2.45, 2.75) is 56.6 Å². The summed E-state index contributed by atoms with van der Waals surface area (Å²) in [7, 11) is 4.06. The van der Waals surface area contributed by atoms with E-state index >= 15 is 0 Å². The van der Waals surface area contributed by atoms with Crippen LogP contribution < -0.4 is 0 Å². The second kappa shape index (κ2) is 10.0. The van der Waals surface area contributed by atoms with Crippen molar-refractivity contribution >= 4 is 38.3 Å². The molecule has 5 heteroatoms. The number of hydrogen-bond donors (Lipinski definition) is 0. The highest BCUT2D eigenvalue weighted by Gasteiger charge is 2.24. The molecule has 3 nitrogen and oxygen atoms in total. The Balaban J connectivity index is 1.27. The third-order valence-corrected chi connectivity index (χ3v) is 9.05. The van der Waals surface area contributed by atoms with Crippen LogP contribution in [0, 0.1) is 5.92 Å². The monoisotopic (exact) mass is 414 g/mol. The third-order valence-electron chi connectivity index (χ3n) is 6.05. The summed E-state index contributed by atoms with van der Waals surface area (Å²) in [5.41, 5.74) is 1.39. The molecule has 2 aliphatic heterocycles. The van der Waals surface area contributed by atoms with Gasteiger partial charge in [-0.15, -0.1) is 0 Å². The van der Waals surface area contributed by atoms with Crippen LogP contribution in [-0.2, 0) is 11.2 Å². The molecule has 1 aromatic carbocycles. The van der Waals surface area contributed by atoms with Crippen molar-refractivity contribution in [2.75, 3.05) is 18.8 Å². The number of carbonyl (C=O) groups is 1. The molecule has 0 N–H and O–H groups in total. The molecule has 1 aromatic heterocycles. The van der Waals surface area contributed by atoms with Gasteiger partial charge in [0.15, 0.2) is 0 Å². The summed E-state index contributed by atoms with van der Waals surface area (Å²) in [5, 5.41) is 3.35. The van der Waals surface area contributed by atoms with Crippen molar-refractivity contribution in [2.24, 2.45) is 5.92 Å². The SMILES string of the molecule is O=C(CCCCC1CCSS1)N1CCCC(Cc2cccc3cnccc23)C1. The van der Waals surface area contributed by atoms with E-state index in [1.54, 1.807) is 0 Å². The summed E-state index contributed by atoms with van der Waals surface area (Å²) in [4.78, 5) is 19.1. The van der Waals surface area contributed by atoms with Crippen LogP contribution in [0.5, 0.6) is 0 Å². The van der Waals surface area contributed by atoms with Crippen LogP contribution in [0.2, 0.25) is 0 Å². The molecule has 0 radical (unpaired) electrons. The first-order valence-electron chi connectivity index (χ1n) is 10.7. The molecule has 2 unspecified atom stereocenters. The van der Waals surface area contributed by atoms with E-state index in [1.807, 2.05) is 34.0 Å². The van der Waals surface area contributed by atoms with Crippen molar-refractivity contribution < 1.29 is 4.79 Å². The van der Waals surface area contributed by atoms with Gasteiger partial charge in [0, 0.05) is 48.3 Å². The molecule has 2 aliphatic rings. The molecular formula is C23H30N2OS2. The number of likely N-dealkylation sites (tertiary alicyclic amines) is 1. The maximum atomic E-state index is 12.7. The fourth-order valence-electron chi connectivity index (χ4n) is 4.51. The van der Waals surface area contributed by atoms with Crippen LogP contribution in [0.15, 0.2) is 36.7 Å². The quantitative estimate of drug-likeness (QED) is 0.428. The van der Waals surface area contributed by atoms with Crippen molar-refractivity contribution in [3.63, 3.8) is 0 Å². The third kappa shape index (κ3) is 5.24. The van der Waals surface area contributed by atoms with Gasteiger partial charge in [-0.05, 0) is 61.5 Å². The Hall–Kier alpha value is -1.20. The van der Waals surface area contributed by atoms with Crippen LogP contribution in [0.25, 0.3) is 10.8 Å². The van der Waals surface area contributed by atoms with E-state index in [4.69, 9.17) is 0 Å². The molecule has 28 heavy (non-hydrogen) atoms. The van der Waals surface area contributed by atoms with Gasteiger partial charge in [-0.3, -0.25) is 9.78 Å². The Kier molecular flexibility index (Phi) is 7.19. The standard InChI is InChI=1S/C23H30N2OS2/c26-23(9-2-1-8-21-11-14-27-28-21)25-13-4-5-18(17-25)15-19-6-3-7-20-16-24-12-10-22(19)20/h3,6-7,10,12,16,18,21H,1-2,4-5,8-9,11,13-15,17H2. The number of amides is 1. The number of hydrogen-bond acceptors (Lipinski definition) is 4. The summed E-state index contributed by atoms with van der Waals surface area (Å²) in [6.45, 7) is 1.87. The first kappa shape index (κ1) is 20.1. The number of piperidine rings is 1. The van der Waals surface area contributed by atoms with Crippen LogP contribution >= 0.6 is 21.6 Å². The molecule has 1 amide bonds. The number of pyridine rings is 1. The highest BCUT2D eigenvalue weighted by atomic mass is 33.1. The predicted molar refractivity (Wildman–Crippen MR) is 122 cm³/mol. The fourth-order valence-corrected chi connectivity index (χ4v) is 7.54. The Morgan fingerprint density at radius 1 is 1.21 bits per heavy atom. The molecule has 2 aromatic rings. The summed E-state index contributed by atoms with van der Waals surface area (Å²) < 4.78 is 0. The summed E-state index contributed by atoms with van der Waals surface area (Å²) >= 11 is 0. The summed E-state index contributed by atoms with van der Waals surface area (Å²) in [6, 6.07) is 8.62. The molecule has 3 heterocycles. The normalized spacial score (nSPS) is 22.6. The first-order chi connectivity index (χ1) is 13.8. The van der Waals surface area contributed by atoms with Crippen molar-refractivity contribution in [3.8, 4) is 0 Å². The van der Waals surface area contributed by atoms with E-state index in [0.717, 1.165) is 44.0 Å². The molecule has 0 bridgehead atoms. The zero-order valence-electron chi connectivity index (χ0n) is 16.5. The zero-order chi connectivity index (χ0) is 19.2. The van der Waals surface area contributed by atoms with Crippen molar-refractivity contribution in [1.82, 2.24) is 9.88 Å². The molecule has 2 atom stereocenters.